The standard InChI is InChI=1S/C19H19NOS/c1-13-7-8-16(14(2)11-13)19(21)20-10-9-15-12-22-18-6-4-3-5-17(15)18/h3-8,11-12H,9-10H2,1-2H3,(H,20,21). The maximum atomic E-state index is 12.3. The monoisotopic (exact) mass is 309 g/mol. The molecule has 22 heavy (non-hydrogen) atoms. The van der Waals surface area contributed by atoms with E-state index in [1.54, 1.807) is 11.3 Å². The quantitative estimate of drug-likeness (QED) is 0.756. The van der Waals surface area contributed by atoms with Crippen molar-refractivity contribution < 1.29 is 4.79 Å². The van der Waals surface area contributed by atoms with Crippen LogP contribution in [0.4, 0.5) is 0 Å². The van der Waals surface area contributed by atoms with Crippen molar-refractivity contribution in [1.29, 1.82) is 0 Å². The molecule has 2 aromatic carbocycles. The van der Waals surface area contributed by atoms with Crippen LogP contribution < -0.4 is 5.32 Å². The Morgan fingerprint density at radius 1 is 1.14 bits per heavy atom. The van der Waals surface area contributed by atoms with Crippen molar-refractivity contribution in [2.75, 3.05) is 6.54 Å². The maximum Gasteiger partial charge on any atom is 0.251 e. The fourth-order valence-corrected chi connectivity index (χ4v) is 3.70. The van der Waals surface area contributed by atoms with Gasteiger partial charge in [0, 0.05) is 16.8 Å². The summed E-state index contributed by atoms with van der Waals surface area (Å²) in [5.74, 6) is 0.0111. The number of thiophene rings is 1. The third-order valence-corrected chi connectivity index (χ3v) is 4.88. The zero-order chi connectivity index (χ0) is 15.5. The Balaban J connectivity index is 1.64. The molecule has 3 heteroatoms. The molecule has 1 aromatic heterocycles. The van der Waals surface area contributed by atoms with Crippen LogP contribution in [0.15, 0.2) is 47.8 Å². The van der Waals surface area contributed by atoms with Gasteiger partial charge in [-0.3, -0.25) is 4.79 Å². The lowest BCUT2D eigenvalue weighted by Gasteiger charge is -2.08. The van der Waals surface area contributed by atoms with E-state index in [2.05, 4.69) is 35.0 Å². The molecule has 3 aromatic rings. The van der Waals surface area contributed by atoms with Crippen molar-refractivity contribution in [1.82, 2.24) is 5.32 Å². The highest BCUT2D eigenvalue weighted by Gasteiger charge is 2.09. The minimum absolute atomic E-state index is 0.0111. The van der Waals surface area contributed by atoms with E-state index in [4.69, 9.17) is 0 Å². The van der Waals surface area contributed by atoms with Crippen LogP contribution in [0.5, 0.6) is 0 Å². The minimum Gasteiger partial charge on any atom is -0.352 e. The van der Waals surface area contributed by atoms with Gasteiger partial charge in [0.2, 0.25) is 0 Å². The van der Waals surface area contributed by atoms with Crippen LogP contribution in [0.2, 0.25) is 0 Å². The Bertz CT molecular complexity index is 819. The topological polar surface area (TPSA) is 29.1 Å². The lowest BCUT2D eigenvalue weighted by molar-refractivity contribution is 0.0953. The maximum absolute atomic E-state index is 12.3. The Morgan fingerprint density at radius 3 is 2.77 bits per heavy atom. The summed E-state index contributed by atoms with van der Waals surface area (Å²) in [6.45, 7) is 4.68. The number of carbonyl (C=O) groups excluding carboxylic acids is 1. The molecular formula is C19H19NOS. The van der Waals surface area contributed by atoms with Crippen molar-refractivity contribution >= 4 is 27.3 Å². The van der Waals surface area contributed by atoms with Crippen molar-refractivity contribution in [3.63, 3.8) is 0 Å². The van der Waals surface area contributed by atoms with Crippen LogP contribution in [0.1, 0.15) is 27.0 Å². The van der Waals surface area contributed by atoms with Gasteiger partial charge in [-0.25, -0.2) is 0 Å². The van der Waals surface area contributed by atoms with Crippen molar-refractivity contribution in [3.8, 4) is 0 Å². The van der Waals surface area contributed by atoms with Crippen LogP contribution in [-0.4, -0.2) is 12.5 Å². The summed E-state index contributed by atoms with van der Waals surface area (Å²) in [6.07, 6.45) is 0.862. The third-order valence-electron chi connectivity index (χ3n) is 3.87. The zero-order valence-electron chi connectivity index (χ0n) is 12.8. The molecular weight excluding hydrogens is 290 g/mol. The van der Waals surface area contributed by atoms with E-state index in [0.717, 1.165) is 17.5 Å². The van der Waals surface area contributed by atoms with E-state index in [1.807, 2.05) is 32.0 Å². The molecule has 0 spiro atoms. The summed E-state index contributed by atoms with van der Waals surface area (Å²) >= 11 is 1.76. The van der Waals surface area contributed by atoms with Gasteiger partial charge in [-0.1, -0.05) is 35.9 Å². The third kappa shape index (κ3) is 3.04. The Morgan fingerprint density at radius 2 is 1.95 bits per heavy atom. The fraction of sp³-hybridized carbons (Fsp3) is 0.211. The second-order valence-electron chi connectivity index (χ2n) is 5.58. The molecule has 0 unspecified atom stereocenters. The lowest BCUT2D eigenvalue weighted by Crippen LogP contribution is -2.26. The van der Waals surface area contributed by atoms with Gasteiger partial charge in [0.25, 0.3) is 5.91 Å². The first-order chi connectivity index (χ1) is 10.6. The highest BCUT2D eigenvalue weighted by Crippen LogP contribution is 2.25. The second kappa shape index (κ2) is 6.32. The summed E-state index contributed by atoms with van der Waals surface area (Å²) < 4.78 is 1.30. The number of carbonyl (C=O) groups is 1. The van der Waals surface area contributed by atoms with Gasteiger partial charge in [0.15, 0.2) is 0 Å². The highest BCUT2D eigenvalue weighted by molar-refractivity contribution is 7.17. The van der Waals surface area contributed by atoms with E-state index < -0.39 is 0 Å². The Labute approximate surface area is 134 Å². The van der Waals surface area contributed by atoms with E-state index in [-0.39, 0.29) is 5.91 Å². The van der Waals surface area contributed by atoms with Crippen molar-refractivity contribution in [2.45, 2.75) is 20.3 Å². The first kappa shape index (κ1) is 14.8. The number of rotatable bonds is 4. The largest absolute Gasteiger partial charge is 0.352 e. The predicted molar refractivity (Wildman–Crippen MR) is 93.8 cm³/mol. The number of aryl methyl sites for hydroxylation is 2. The van der Waals surface area contributed by atoms with Crippen LogP contribution >= 0.6 is 11.3 Å². The van der Waals surface area contributed by atoms with Gasteiger partial charge in [-0.2, -0.15) is 0 Å². The lowest BCUT2D eigenvalue weighted by atomic mass is 10.1. The SMILES string of the molecule is Cc1ccc(C(=O)NCCc2csc3ccccc23)c(C)c1. The van der Waals surface area contributed by atoms with Crippen LogP contribution in [-0.2, 0) is 6.42 Å². The van der Waals surface area contributed by atoms with Gasteiger partial charge < -0.3 is 5.32 Å². The van der Waals surface area contributed by atoms with E-state index in [0.29, 0.717) is 6.54 Å². The van der Waals surface area contributed by atoms with E-state index >= 15 is 0 Å². The molecule has 0 aliphatic carbocycles. The number of nitrogens with one attached hydrogen (secondary N) is 1. The molecule has 0 atom stereocenters. The van der Waals surface area contributed by atoms with Crippen LogP contribution in [0.3, 0.4) is 0 Å². The molecule has 1 N–H and O–H groups in total. The summed E-state index contributed by atoms with van der Waals surface area (Å²) in [4.78, 5) is 12.3. The highest BCUT2D eigenvalue weighted by atomic mass is 32.1. The number of hydrogen-bond acceptors (Lipinski definition) is 2. The van der Waals surface area contributed by atoms with E-state index in [1.165, 1.54) is 21.2 Å². The molecule has 0 bridgehead atoms. The van der Waals surface area contributed by atoms with Crippen LogP contribution in [0, 0.1) is 13.8 Å². The summed E-state index contributed by atoms with van der Waals surface area (Å²) in [5, 5.41) is 6.52. The predicted octanol–water partition coefficient (Wildman–Crippen LogP) is 4.49. The minimum atomic E-state index is 0.0111. The van der Waals surface area contributed by atoms with Gasteiger partial charge in [0.1, 0.15) is 0 Å². The van der Waals surface area contributed by atoms with E-state index in [9.17, 15) is 4.79 Å². The van der Waals surface area contributed by atoms with Gasteiger partial charge >= 0.3 is 0 Å². The summed E-state index contributed by atoms with van der Waals surface area (Å²) in [6, 6.07) is 14.3. The zero-order valence-corrected chi connectivity index (χ0v) is 13.7. The average molecular weight is 309 g/mol. The van der Waals surface area contributed by atoms with Gasteiger partial charge in [0.05, 0.1) is 0 Å². The molecule has 2 nitrogen and oxygen atoms in total. The first-order valence-electron chi connectivity index (χ1n) is 7.46. The summed E-state index contributed by atoms with van der Waals surface area (Å²) in [7, 11) is 0. The normalized spacial score (nSPS) is 10.8. The first-order valence-corrected chi connectivity index (χ1v) is 8.33. The molecule has 112 valence electrons. The van der Waals surface area contributed by atoms with Gasteiger partial charge in [-0.15, -0.1) is 11.3 Å². The second-order valence-corrected chi connectivity index (χ2v) is 6.49. The fourth-order valence-electron chi connectivity index (χ4n) is 2.70. The van der Waals surface area contributed by atoms with Gasteiger partial charge in [-0.05, 0) is 54.3 Å². The van der Waals surface area contributed by atoms with Crippen molar-refractivity contribution in [2.24, 2.45) is 0 Å². The summed E-state index contributed by atoms with van der Waals surface area (Å²) in [5.41, 5.74) is 4.28. The molecule has 0 radical (unpaired) electrons. The molecule has 0 aliphatic heterocycles. The number of amides is 1. The Hall–Kier alpha value is -2.13. The molecule has 3 rings (SSSR count). The average Bonchev–Trinajstić information content (AvgIpc) is 2.90. The number of benzene rings is 2. The smallest absolute Gasteiger partial charge is 0.251 e. The molecule has 1 amide bonds. The molecule has 0 saturated carbocycles. The molecule has 0 fully saturated rings. The molecule has 0 aliphatic rings. The van der Waals surface area contributed by atoms with Crippen molar-refractivity contribution in [3.05, 3.63) is 70.1 Å². The molecule has 0 saturated heterocycles. The number of hydrogen-bond donors (Lipinski definition) is 1. The Kier molecular flexibility index (Phi) is 4.25. The molecule has 1 heterocycles. The number of fused-ring (bicyclic) bond motifs is 1. The van der Waals surface area contributed by atoms with Crippen LogP contribution in [0.25, 0.3) is 10.1 Å².